The Morgan fingerprint density at radius 3 is 3.00 bits per heavy atom. The van der Waals surface area contributed by atoms with Crippen LogP contribution in [0.2, 0.25) is 0 Å². The third-order valence-electron chi connectivity index (χ3n) is 4.51. The number of halogens is 3. The Balaban J connectivity index is 1.36. The number of fused-ring (bicyclic) bond motifs is 2. The van der Waals surface area contributed by atoms with Crippen molar-refractivity contribution in [1.82, 2.24) is 29.2 Å². The predicted octanol–water partition coefficient (Wildman–Crippen LogP) is 2.30. The zero-order valence-corrected chi connectivity index (χ0v) is 13.4. The van der Waals surface area contributed by atoms with Gasteiger partial charge < -0.3 is 9.88 Å². The van der Waals surface area contributed by atoms with Crippen LogP contribution in [-0.2, 0) is 25.7 Å². The standard InChI is InChI=1S/C16H17F3N6/c17-16(18,19)13-10-24-9-11(1-2-14(24)23-13)5-21-6-12-7-22-15-8-20-3-4-25(12)15/h3-4,7-8,10-11,21H,1-2,5-6,9H2/t11-/m0/s1. The fourth-order valence-electron chi connectivity index (χ4n) is 3.25. The van der Waals surface area contributed by atoms with Crippen molar-refractivity contribution in [3.8, 4) is 0 Å². The number of aryl methyl sites for hydroxylation is 1. The first-order chi connectivity index (χ1) is 12.0. The normalized spacial score (nSPS) is 17.8. The van der Waals surface area contributed by atoms with E-state index in [1.54, 1.807) is 23.2 Å². The van der Waals surface area contributed by atoms with Crippen LogP contribution in [-0.4, -0.2) is 30.5 Å². The van der Waals surface area contributed by atoms with E-state index in [1.165, 1.54) is 0 Å². The fraction of sp³-hybridized carbons (Fsp3) is 0.438. The molecule has 9 heteroatoms. The molecule has 3 aromatic heterocycles. The second kappa shape index (κ2) is 6.14. The van der Waals surface area contributed by atoms with Crippen LogP contribution in [0, 0.1) is 5.92 Å². The lowest BCUT2D eigenvalue weighted by Crippen LogP contribution is -2.30. The van der Waals surface area contributed by atoms with Crippen LogP contribution in [0.5, 0.6) is 0 Å². The number of imidazole rings is 2. The van der Waals surface area contributed by atoms with E-state index < -0.39 is 11.9 Å². The zero-order chi connectivity index (χ0) is 17.4. The highest BCUT2D eigenvalue weighted by Crippen LogP contribution is 2.30. The molecule has 1 aliphatic rings. The van der Waals surface area contributed by atoms with Crippen molar-refractivity contribution in [2.75, 3.05) is 6.54 Å². The molecule has 0 unspecified atom stereocenters. The molecule has 0 aromatic carbocycles. The quantitative estimate of drug-likeness (QED) is 0.784. The van der Waals surface area contributed by atoms with Gasteiger partial charge in [0.1, 0.15) is 5.82 Å². The summed E-state index contributed by atoms with van der Waals surface area (Å²) in [6.07, 6.45) is 5.21. The molecule has 4 rings (SSSR count). The lowest BCUT2D eigenvalue weighted by Gasteiger charge is -2.23. The minimum Gasteiger partial charge on any atom is -0.334 e. The highest BCUT2D eigenvalue weighted by atomic mass is 19.4. The summed E-state index contributed by atoms with van der Waals surface area (Å²) in [5.74, 6) is 0.807. The maximum atomic E-state index is 12.8. The van der Waals surface area contributed by atoms with E-state index in [9.17, 15) is 13.2 Å². The molecule has 0 fully saturated rings. The molecule has 132 valence electrons. The minimum atomic E-state index is -4.38. The van der Waals surface area contributed by atoms with Gasteiger partial charge in [0, 0.05) is 44.6 Å². The van der Waals surface area contributed by atoms with Crippen LogP contribution in [0.3, 0.4) is 0 Å². The topological polar surface area (TPSA) is 60.0 Å². The molecule has 0 bridgehead atoms. The summed E-state index contributed by atoms with van der Waals surface area (Å²) in [6.45, 7) is 1.94. The van der Waals surface area contributed by atoms with Crippen molar-refractivity contribution < 1.29 is 13.2 Å². The molecule has 0 amide bonds. The van der Waals surface area contributed by atoms with Gasteiger partial charge >= 0.3 is 6.18 Å². The van der Waals surface area contributed by atoms with Gasteiger partial charge in [0.05, 0.1) is 18.1 Å². The Labute approximate surface area is 141 Å². The summed E-state index contributed by atoms with van der Waals surface area (Å²) in [6, 6.07) is 0. The highest BCUT2D eigenvalue weighted by molar-refractivity contribution is 5.36. The summed E-state index contributed by atoms with van der Waals surface area (Å²) in [7, 11) is 0. The molecule has 0 radical (unpaired) electrons. The second-order valence-electron chi connectivity index (χ2n) is 6.28. The van der Waals surface area contributed by atoms with E-state index in [0.29, 0.717) is 25.3 Å². The van der Waals surface area contributed by atoms with Gasteiger partial charge in [-0.1, -0.05) is 0 Å². The average Bonchev–Trinajstić information content (AvgIpc) is 3.18. The number of alkyl halides is 3. The summed E-state index contributed by atoms with van der Waals surface area (Å²) in [5, 5.41) is 3.38. The molecular formula is C16H17F3N6. The molecule has 0 spiro atoms. The van der Waals surface area contributed by atoms with Crippen molar-refractivity contribution >= 4 is 5.65 Å². The Morgan fingerprint density at radius 1 is 1.28 bits per heavy atom. The summed E-state index contributed by atoms with van der Waals surface area (Å²) in [5.41, 5.74) is 1.02. The van der Waals surface area contributed by atoms with Gasteiger partial charge in [-0.05, 0) is 12.3 Å². The Morgan fingerprint density at radius 2 is 2.16 bits per heavy atom. The van der Waals surface area contributed by atoms with Crippen molar-refractivity contribution in [1.29, 1.82) is 0 Å². The molecule has 0 aliphatic carbocycles. The first-order valence-corrected chi connectivity index (χ1v) is 8.10. The zero-order valence-electron chi connectivity index (χ0n) is 13.4. The fourth-order valence-corrected chi connectivity index (χ4v) is 3.25. The minimum absolute atomic E-state index is 0.281. The Bertz CT molecular complexity index is 882. The van der Waals surface area contributed by atoms with Crippen LogP contribution in [0.15, 0.2) is 31.0 Å². The number of hydrogen-bond acceptors (Lipinski definition) is 4. The summed E-state index contributed by atoms with van der Waals surface area (Å²) >= 11 is 0. The number of rotatable bonds is 4. The van der Waals surface area contributed by atoms with Crippen molar-refractivity contribution in [3.63, 3.8) is 0 Å². The summed E-state index contributed by atoms with van der Waals surface area (Å²) in [4.78, 5) is 12.0. The van der Waals surface area contributed by atoms with E-state index in [0.717, 1.165) is 30.5 Å². The average molecular weight is 350 g/mol. The van der Waals surface area contributed by atoms with Gasteiger partial charge in [0.2, 0.25) is 0 Å². The Hall–Kier alpha value is -2.42. The molecule has 3 aromatic rings. The van der Waals surface area contributed by atoms with Gasteiger partial charge in [-0.25, -0.2) is 9.97 Å². The van der Waals surface area contributed by atoms with Crippen LogP contribution < -0.4 is 5.32 Å². The molecule has 4 heterocycles. The first-order valence-electron chi connectivity index (χ1n) is 8.10. The van der Waals surface area contributed by atoms with Gasteiger partial charge in [0.15, 0.2) is 11.3 Å². The number of nitrogens with zero attached hydrogens (tertiary/aromatic N) is 5. The third-order valence-corrected chi connectivity index (χ3v) is 4.51. The molecule has 6 nitrogen and oxygen atoms in total. The molecule has 0 saturated heterocycles. The number of aromatic nitrogens is 5. The summed E-state index contributed by atoms with van der Waals surface area (Å²) < 4.78 is 41.9. The maximum absolute atomic E-state index is 12.8. The van der Waals surface area contributed by atoms with Crippen LogP contribution in [0.4, 0.5) is 13.2 Å². The maximum Gasteiger partial charge on any atom is 0.434 e. The van der Waals surface area contributed by atoms with E-state index in [2.05, 4.69) is 20.3 Å². The van der Waals surface area contributed by atoms with Crippen molar-refractivity contribution in [3.05, 3.63) is 48.2 Å². The second-order valence-corrected chi connectivity index (χ2v) is 6.28. The van der Waals surface area contributed by atoms with Gasteiger partial charge in [0.25, 0.3) is 0 Å². The predicted molar refractivity (Wildman–Crippen MR) is 83.7 cm³/mol. The highest BCUT2D eigenvalue weighted by Gasteiger charge is 2.35. The van der Waals surface area contributed by atoms with Gasteiger partial charge in [-0.2, -0.15) is 13.2 Å². The van der Waals surface area contributed by atoms with Crippen LogP contribution in [0.1, 0.15) is 23.6 Å². The van der Waals surface area contributed by atoms with Gasteiger partial charge in [-0.3, -0.25) is 9.38 Å². The van der Waals surface area contributed by atoms with Crippen molar-refractivity contribution in [2.45, 2.75) is 32.1 Å². The lowest BCUT2D eigenvalue weighted by molar-refractivity contribution is -0.141. The molecule has 0 saturated carbocycles. The van der Waals surface area contributed by atoms with Crippen LogP contribution in [0.25, 0.3) is 5.65 Å². The van der Waals surface area contributed by atoms with Crippen LogP contribution >= 0.6 is 0 Å². The van der Waals surface area contributed by atoms with E-state index in [-0.39, 0.29) is 5.92 Å². The third kappa shape index (κ3) is 3.23. The van der Waals surface area contributed by atoms with Crippen molar-refractivity contribution in [2.24, 2.45) is 5.92 Å². The number of hydrogen-bond donors (Lipinski definition) is 1. The molecule has 1 N–H and O–H groups in total. The lowest BCUT2D eigenvalue weighted by atomic mass is 9.99. The monoisotopic (exact) mass is 350 g/mol. The smallest absolute Gasteiger partial charge is 0.334 e. The number of nitrogens with one attached hydrogen (secondary N) is 1. The molecule has 1 atom stereocenters. The van der Waals surface area contributed by atoms with E-state index in [1.807, 2.05) is 10.6 Å². The first kappa shape index (κ1) is 16.1. The molecule has 1 aliphatic heterocycles. The van der Waals surface area contributed by atoms with E-state index >= 15 is 0 Å². The molecule has 25 heavy (non-hydrogen) atoms. The largest absolute Gasteiger partial charge is 0.434 e. The molecular weight excluding hydrogens is 333 g/mol. The Kier molecular flexibility index (Phi) is 3.95. The van der Waals surface area contributed by atoms with E-state index in [4.69, 9.17) is 0 Å². The van der Waals surface area contributed by atoms with Gasteiger partial charge in [-0.15, -0.1) is 0 Å². The SMILES string of the molecule is FC(F)(F)c1cn2c(n1)CC[C@@H](CNCc1cnc3cnccn13)C2.